The Morgan fingerprint density at radius 2 is 1.93 bits per heavy atom. The van der Waals surface area contributed by atoms with Crippen LogP contribution in [0.3, 0.4) is 0 Å². The van der Waals surface area contributed by atoms with Crippen molar-refractivity contribution >= 4 is 5.97 Å². The number of fused-ring (bicyclic) bond motifs is 1. The molecule has 0 bridgehead atoms. The highest BCUT2D eigenvalue weighted by Gasteiger charge is 2.57. The molecule has 1 aromatic carbocycles. The van der Waals surface area contributed by atoms with Crippen LogP contribution in [-0.2, 0) is 35.0 Å². The first-order valence-corrected chi connectivity index (χ1v) is 9.40. The molecule has 2 aliphatic rings. The monoisotopic (exact) mass is 379 g/mol. The number of ether oxygens (including phenoxy) is 5. The quantitative estimate of drug-likeness (QED) is 0.692. The summed E-state index contributed by atoms with van der Waals surface area (Å²) < 4.78 is 28.7. The minimum atomic E-state index is -0.720. The van der Waals surface area contributed by atoms with E-state index >= 15 is 0 Å². The Balaban J connectivity index is 1.75. The third kappa shape index (κ3) is 4.86. The van der Waals surface area contributed by atoms with Crippen molar-refractivity contribution in [2.75, 3.05) is 13.7 Å². The van der Waals surface area contributed by atoms with Crippen LogP contribution in [0, 0.1) is 0 Å². The van der Waals surface area contributed by atoms with Crippen molar-refractivity contribution in [3.8, 4) is 0 Å². The molecule has 2 heterocycles. The minimum absolute atomic E-state index is 0.175. The fourth-order valence-corrected chi connectivity index (χ4v) is 3.65. The summed E-state index contributed by atoms with van der Waals surface area (Å²) >= 11 is 0. The second-order valence-electron chi connectivity index (χ2n) is 7.25. The number of benzene rings is 1. The van der Waals surface area contributed by atoms with Crippen molar-refractivity contribution in [2.24, 2.45) is 0 Å². The summed E-state index contributed by atoms with van der Waals surface area (Å²) in [6, 6.07) is 9.70. The Kier molecular flexibility index (Phi) is 6.49. The van der Waals surface area contributed by atoms with Crippen LogP contribution < -0.4 is 5.32 Å². The maximum Gasteiger partial charge on any atom is 0.307 e. The van der Waals surface area contributed by atoms with Crippen molar-refractivity contribution in [1.29, 1.82) is 0 Å². The van der Waals surface area contributed by atoms with Crippen LogP contribution in [0.15, 0.2) is 30.3 Å². The van der Waals surface area contributed by atoms with Gasteiger partial charge in [-0.1, -0.05) is 30.3 Å². The van der Waals surface area contributed by atoms with E-state index in [9.17, 15) is 4.79 Å². The van der Waals surface area contributed by atoms with E-state index in [-0.39, 0.29) is 30.6 Å². The Labute approximate surface area is 160 Å². The highest BCUT2D eigenvalue weighted by atomic mass is 16.8. The summed E-state index contributed by atoms with van der Waals surface area (Å²) in [6.45, 7) is 6.47. The van der Waals surface area contributed by atoms with E-state index in [1.165, 1.54) is 0 Å². The molecule has 5 atom stereocenters. The number of esters is 1. The number of carbonyl (C=O) groups is 1. The smallest absolute Gasteiger partial charge is 0.307 e. The number of carbonyl (C=O) groups excluding carboxylic acids is 1. The predicted octanol–water partition coefficient (Wildman–Crippen LogP) is 1.99. The first-order chi connectivity index (χ1) is 12.9. The molecule has 1 N–H and O–H groups in total. The van der Waals surface area contributed by atoms with Crippen LogP contribution in [0.2, 0.25) is 0 Å². The molecule has 2 fully saturated rings. The molecular weight excluding hydrogens is 350 g/mol. The summed E-state index contributed by atoms with van der Waals surface area (Å²) in [6.07, 6.45) is -1.42. The molecule has 2 aliphatic heterocycles. The molecule has 0 spiro atoms. The molecule has 0 aromatic heterocycles. The molecule has 0 unspecified atom stereocenters. The Morgan fingerprint density at radius 3 is 2.59 bits per heavy atom. The summed E-state index contributed by atoms with van der Waals surface area (Å²) in [5.41, 5.74) is 1.12. The molecule has 3 rings (SSSR count). The molecule has 0 radical (unpaired) electrons. The van der Waals surface area contributed by atoms with Gasteiger partial charge in [0.1, 0.15) is 18.3 Å². The van der Waals surface area contributed by atoms with Gasteiger partial charge in [0.2, 0.25) is 0 Å². The van der Waals surface area contributed by atoms with Crippen LogP contribution in [-0.4, -0.2) is 56.1 Å². The maximum atomic E-state index is 12.2. The topological polar surface area (TPSA) is 75.3 Å². The van der Waals surface area contributed by atoms with Crippen LogP contribution in [0.4, 0.5) is 0 Å². The van der Waals surface area contributed by atoms with Crippen LogP contribution in [0.1, 0.15) is 32.8 Å². The van der Waals surface area contributed by atoms with E-state index in [2.05, 4.69) is 5.32 Å². The Bertz CT molecular complexity index is 622. The van der Waals surface area contributed by atoms with Gasteiger partial charge in [-0.25, -0.2) is 0 Å². The van der Waals surface area contributed by atoms with Crippen LogP contribution in [0.5, 0.6) is 0 Å². The van der Waals surface area contributed by atoms with Gasteiger partial charge in [-0.15, -0.1) is 0 Å². The second kappa shape index (κ2) is 8.67. The average molecular weight is 379 g/mol. The third-order valence-electron chi connectivity index (χ3n) is 4.78. The number of nitrogens with one attached hydrogen (secondary N) is 1. The van der Waals surface area contributed by atoms with Crippen molar-refractivity contribution in [3.05, 3.63) is 35.9 Å². The highest BCUT2D eigenvalue weighted by Crippen LogP contribution is 2.40. The predicted molar refractivity (Wildman–Crippen MR) is 97.8 cm³/mol. The van der Waals surface area contributed by atoms with Crippen LogP contribution >= 0.6 is 0 Å². The first kappa shape index (κ1) is 20.2. The number of hydrogen-bond acceptors (Lipinski definition) is 7. The lowest BCUT2D eigenvalue weighted by molar-refractivity contribution is -0.230. The summed E-state index contributed by atoms with van der Waals surface area (Å²) in [5, 5.41) is 3.43. The maximum absolute atomic E-state index is 12.2. The number of methoxy groups -OCH3 is 1. The van der Waals surface area contributed by atoms with Gasteiger partial charge in [0.15, 0.2) is 12.1 Å². The fraction of sp³-hybridized carbons (Fsp3) is 0.650. The molecule has 7 heteroatoms. The standard InChI is InChI=1S/C20H29NO6/c1-5-24-15(22)11-14(21-12-13-9-7-6-8-10-13)16-17-18(19(23-4)25-16)27-20(2,3)26-17/h6-10,14,16-19,21H,5,11-12H2,1-4H3/t14-,16+,17-,18-,19+/m0/s1. The lowest BCUT2D eigenvalue weighted by atomic mass is 10.0. The fourth-order valence-electron chi connectivity index (χ4n) is 3.65. The normalized spacial score (nSPS) is 30.1. The van der Waals surface area contributed by atoms with Crippen molar-refractivity contribution < 1.29 is 28.5 Å². The number of rotatable bonds is 8. The lowest BCUT2D eigenvalue weighted by Crippen LogP contribution is -2.47. The van der Waals surface area contributed by atoms with Crippen molar-refractivity contribution in [2.45, 2.75) is 70.2 Å². The molecule has 150 valence electrons. The first-order valence-electron chi connectivity index (χ1n) is 9.40. The highest BCUT2D eigenvalue weighted by molar-refractivity contribution is 5.70. The third-order valence-corrected chi connectivity index (χ3v) is 4.78. The van der Waals surface area contributed by atoms with Gasteiger partial charge < -0.3 is 29.0 Å². The van der Waals surface area contributed by atoms with Crippen LogP contribution in [0.25, 0.3) is 0 Å². The van der Waals surface area contributed by atoms with Gasteiger partial charge >= 0.3 is 5.97 Å². The molecule has 0 amide bonds. The Hall–Kier alpha value is -1.51. The van der Waals surface area contributed by atoms with Gasteiger partial charge in [0, 0.05) is 19.7 Å². The molecule has 2 saturated heterocycles. The van der Waals surface area contributed by atoms with Gasteiger partial charge in [-0.2, -0.15) is 0 Å². The summed E-state index contributed by atoms with van der Waals surface area (Å²) in [4.78, 5) is 12.2. The van der Waals surface area contributed by atoms with Gasteiger partial charge in [-0.3, -0.25) is 4.79 Å². The largest absolute Gasteiger partial charge is 0.466 e. The molecule has 0 saturated carbocycles. The molecule has 0 aliphatic carbocycles. The van der Waals surface area contributed by atoms with Gasteiger partial charge in [0.05, 0.1) is 13.0 Å². The van der Waals surface area contributed by atoms with E-state index < -0.39 is 18.2 Å². The zero-order valence-corrected chi connectivity index (χ0v) is 16.3. The van der Waals surface area contributed by atoms with E-state index in [4.69, 9.17) is 23.7 Å². The van der Waals surface area contributed by atoms with Crippen molar-refractivity contribution in [1.82, 2.24) is 5.32 Å². The summed E-state index contributed by atoms with van der Waals surface area (Å²) in [5.74, 6) is -0.996. The van der Waals surface area contributed by atoms with E-state index in [1.54, 1.807) is 14.0 Å². The Morgan fingerprint density at radius 1 is 1.22 bits per heavy atom. The molecule has 1 aromatic rings. The zero-order valence-electron chi connectivity index (χ0n) is 16.3. The molecular formula is C20H29NO6. The lowest BCUT2D eigenvalue weighted by Gasteiger charge is -2.29. The van der Waals surface area contributed by atoms with E-state index in [0.717, 1.165) is 5.56 Å². The summed E-state index contributed by atoms with van der Waals surface area (Å²) in [7, 11) is 1.58. The van der Waals surface area contributed by atoms with Crippen molar-refractivity contribution in [3.63, 3.8) is 0 Å². The number of hydrogen-bond donors (Lipinski definition) is 1. The van der Waals surface area contributed by atoms with Gasteiger partial charge in [-0.05, 0) is 26.3 Å². The van der Waals surface area contributed by atoms with E-state index in [1.807, 2.05) is 44.2 Å². The van der Waals surface area contributed by atoms with E-state index in [0.29, 0.717) is 13.2 Å². The minimum Gasteiger partial charge on any atom is -0.466 e. The zero-order chi connectivity index (χ0) is 19.4. The average Bonchev–Trinajstić information content (AvgIpc) is 3.12. The second-order valence-corrected chi connectivity index (χ2v) is 7.25. The SMILES string of the molecule is CCOC(=O)C[C@H](NCc1ccccc1)[C@H]1O[C@@H](OC)[C@H]2OC(C)(C)O[C@H]21. The molecule has 7 nitrogen and oxygen atoms in total. The molecule has 27 heavy (non-hydrogen) atoms. The van der Waals surface area contributed by atoms with Gasteiger partial charge in [0.25, 0.3) is 0 Å².